The molecule has 2 heteroatoms. The van der Waals surface area contributed by atoms with E-state index >= 15 is 0 Å². The minimum absolute atomic E-state index is 0.916. The van der Waals surface area contributed by atoms with Gasteiger partial charge in [-0.15, -0.1) is 0 Å². The minimum atomic E-state index is 0.916. The second kappa shape index (κ2) is 3.38. The number of rotatable bonds is 1. The predicted molar refractivity (Wildman–Crippen MR) is 58.2 cm³/mol. The summed E-state index contributed by atoms with van der Waals surface area (Å²) in [4.78, 5) is 0. The molecule has 2 rings (SSSR count). The van der Waals surface area contributed by atoms with Crippen molar-refractivity contribution in [3.05, 3.63) is 40.9 Å². The van der Waals surface area contributed by atoms with Crippen molar-refractivity contribution >= 4 is 26.7 Å². The molecule has 66 valence electrons. The molecule has 0 spiro atoms. The molecule has 13 heavy (non-hydrogen) atoms. The Labute approximate surface area is 85.5 Å². The van der Waals surface area contributed by atoms with Crippen LogP contribution in [0.25, 0.3) is 10.8 Å². The van der Waals surface area contributed by atoms with E-state index in [0.29, 0.717) is 0 Å². The molecule has 2 aromatic rings. The quantitative estimate of drug-likeness (QED) is 0.736. The molecule has 1 nitrogen and oxygen atoms in total. The number of halogens is 1. The summed E-state index contributed by atoms with van der Waals surface area (Å²) in [5.41, 5.74) is 0. The Kier molecular flexibility index (Phi) is 2.23. The Morgan fingerprint density at radius 3 is 2.38 bits per heavy atom. The van der Waals surface area contributed by atoms with Gasteiger partial charge in [0.2, 0.25) is 0 Å². The summed E-state index contributed by atoms with van der Waals surface area (Å²) in [5.74, 6) is 0.916. The normalized spacial score (nSPS) is 10.3. The van der Waals surface area contributed by atoms with Gasteiger partial charge in [-0.3, -0.25) is 0 Å². The van der Waals surface area contributed by atoms with E-state index in [1.54, 1.807) is 7.11 Å². The van der Waals surface area contributed by atoms with Crippen LogP contribution >= 0.6 is 15.9 Å². The third-order valence-corrected chi connectivity index (χ3v) is 2.74. The molecule has 0 bridgehead atoms. The lowest BCUT2D eigenvalue weighted by Gasteiger charge is -2.05. The van der Waals surface area contributed by atoms with Crippen LogP contribution in [0, 0.1) is 0 Å². The average Bonchev–Trinajstić information content (AvgIpc) is 2.19. The highest BCUT2D eigenvalue weighted by Crippen LogP contribution is 2.30. The van der Waals surface area contributed by atoms with Gasteiger partial charge >= 0.3 is 0 Å². The number of methoxy groups -OCH3 is 1. The van der Waals surface area contributed by atoms with Crippen molar-refractivity contribution in [2.75, 3.05) is 7.11 Å². The Balaban J connectivity index is 2.84. The summed E-state index contributed by atoms with van der Waals surface area (Å²) in [5, 5.41) is 2.32. The fourth-order valence-corrected chi connectivity index (χ4v) is 1.89. The van der Waals surface area contributed by atoms with Gasteiger partial charge in [-0.05, 0) is 17.5 Å². The Morgan fingerprint density at radius 1 is 1.00 bits per heavy atom. The van der Waals surface area contributed by atoms with Gasteiger partial charge in [-0.25, -0.2) is 0 Å². The molecule has 0 aliphatic rings. The number of hydrogen-bond acceptors (Lipinski definition) is 1. The summed E-state index contributed by atoms with van der Waals surface area (Å²) < 4.78 is 6.36. The fourth-order valence-electron chi connectivity index (χ4n) is 1.41. The highest BCUT2D eigenvalue weighted by atomic mass is 79.9. The van der Waals surface area contributed by atoms with Gasteiger partial charge < -0.3 is 4.74 Å². The van der Waals surface area contributed by atoms with Crippen molar-refractivity contribution in [1.82, 2.24) is 0 Å². The third-order valence-electron chi connectivity index (χ3n) is 2.05. The molecular formula is C11H9BrO. The van der Waals surface area contributed by atoms with E-state index in [1.165, 1.54) is 5.39 Å². The van der Waals surface area contributed by atoms with Crippen LogP contribution in [0.15, 0.2) is 40.9 Å². The Morgan fingerprint density at radius 2 is 1.69 bits per heavy atom. The van der Waals surface area contributed by atoms with Crippen molar-refractivity contribution in [3.63, 3.8) is 0 Å². The highest BCUT2D eigenvalue weighted by Gasteiger charge is 2.02. The lowest BCUT2D eigenvalue weighted by molar-refractivity contribution is 0.420. The lowest BCUT2D eigenvalue weighted by Crippen LogP contribution is -1.84. The molecule has 0 aliphatic heterocycles. The van der Waals surface area contributed by atoms with E-state index in [9.17, 15) is 0 Å². The molecule has 0 aliphatic carbocycles. The first kappa shape index (κ1) is 8.57. The summed E-state index contributed by atoms with van der Waals surface area (Å²) in [6.45, 7) is 0. The number of ether oxygens (including phenoxy) is 1. The molecule has 0 saturated heterocycles. The molecule has 0 saturated carbocycles. The summed E-state index contributed by atoms with van der Waals surface area (Å²) in [6, 6.07) is 12.1. The van der Waals surface area contributed by atoms with E-state index in [1.807, 2.05) is 24.3 Å². The molecule has 0 N–H and O–H groups in total. The predicted octanol–water partition coefficient (Wildman–Crippen LogP) is 3.61. The van der Waals surface area contributed by atoms with Crippen LogP contribution in [0.3, 0.4) is 0 Å². The Hall–Kier alpha value is -1.02. The van der Waals surface area contributed by atoms with E-state index in [0.717, 1.165) is 15.6 Å². The molecule has 0 unspecified atom stereocenters. The monoisotopic (exact) mass is 236 g/mol. The third kappa shape index (κ3) is 1.42. The van der Waals surface area contributed by atoms with Crippen molar-refractivity contribution in [2.24, 2.45) is 0 Å². The van der Waals surface area contributed by atoms with Crippen molar-refractivity contribution in [2.45, 2.75) is 0 Å². The van der Waals surface area contributed by atoms with E-state index in [4.69, 9.17) is 4.74 Å². The molecule has 0 amide bonds. The second-order valence-electron chi connectivity index (χ2n) is 2.80. The molecule has 0 heterocycles. The molecular weight excluding hydrogens is 228 g/mol. The molecule has 0 radical (unpaired) electrons. The maximum Gasteiger partial charge on any atom is 0.126 e. The summed E-state index contributed by atoms with van der Waals surface area (Å²) in [6.07, 6.45) is 0. The highest BCUT2D eigenvalue weighted by molar-refractivity contribution is 9.10. The first-order chi connectivity index (χ1) is 6.33. The second-order valence-corrected chi connectivity index (χ2v) is 3.65. The van der Waals surface area contributed by atoms with Crippen molar-refractivity contribution in [1.29, 1.82) is 0 Å². The smallest absolute Gasteiger partial charge is 0.126 e. The summed E-state index contributed by atoms with van der Waals surface area (Å²) in [7, 11) is 1.69. The van der Waals surface area contributed by atoms with Crippen molar-refractivity contribution in [3.8, 4) is 5.75 Å². The average molecular weight is 237 g/mol. The van der Waals surface area contributed by atoms with Gasteiger partial charge in [0.15, 0.2) is 0 Å². The van der Waals surface area contributed by atoms with Crippen LogP contribution in [0.2, 0.25) is 0 Å². The lowest BCUT2D eigenvalue weighted by atomic mass is 10.1. The fraction of sp³-hybridized carbons (Fsp3) is 0.0909. The van der Waals surface area contributed by atoms with Crippen LogP contribution in [0.4, 0.5) is 0 Å². The van der Waals surface area contributed by atoms with E-state index in [-0.39, 0.29) is 0 Å². The van der Waals surface area contributed by atoms with Crippen molar-refractivity contribution < 1.29 is 4.74 Å². The zero-order valence-electron chi connectivity index (χ0n) is 7.25. The number of fused-ring (bicyclic) bond motifs is 1. The van der Waals surface area contributed by atoms with Crippen LogP contribution in [0.5, 0.6) is 5.75 Å². The maximum absolute atomic E-state index is 5.26. The molecule has 2 aromatic carbocycles. The van der Waals surface area contributed by atoms with Gasteiger partial charge in [-0.2, -0.15) is 0 Å². The van der Waals surface area contributed by atoms with Gasteiger partial charge in [0, 0.05) is 9.86 Å². The summed E-state index contributed by atoms with van der Waals surface area (Å²) >= 11 is 3.50. The standard InChI is InChI=1S/C11H9BrO/c1-13-11-7-6-10(12)8-4-2-3-5-9(8)11/h2-7H,1H3. The van der Waals surface area contributed by atoms with Gasteiger partial charge in [-0.1, -0.05) is 40.2 Å². The van der Waals surface area contributed by atoms with Gasteiger partial charge in [0.1, 0.15) is 5.75 Å². The maximum atomic E-state index is 5.26. The van der Waals surface area contributed by atoms with Gasteiger partial charge in [0.25, 0.3) is 0 Å². The number of benzene rings is 2. The molecule has 0 atom stereocenters. The molecule has 0 fully saturated rings. The van der Waals surface area contributed by atoms with E-state index < -0.39 is 0 Å². The van der Waals surface area contributed by atoms with Gasteiger partial charge in [0.05, 0.1) is 7.11 Å². The minimum Gasteiger partial charge on any atom is -0.496 e. The Bertz CT molecular complexity index is 437. The largest absolute Gasteiger partial charge is 0.496 e. The van der Waals surface area contributed by atoms with E-state index in [2.05, 4.69) is 28.1 Å². The SMILES string of the molecule is COc1ccc(Br)c2ccccc12. The topological polar surface area (TPSA) is 9.23 Å². The first-order valence-electron chi connectivity index (χ1n) is 4.04. The first-order valence-corrected chi connectivity index (χ1v) is 4.83. The zero-order chi connectivity index (χ0) is 9.26. The van der Waals surface area contributed by atoms with Crippen LogP contribution in [0.1, 0.15) is 0 Å². The van der Waals surface area contributed by atoms with Crippen LogP contribution in [-0.2, 0) is 0 Å². The number of hydrogen-bond donors (Lipinski definition) is 0. The molecule has 0 aromatic heterocycles. The van der Waals surface area contributed by atoms with Crippen LogP contribution in [-0.4, -0.2) is 7.11 Å². The van der Waals surface area contributed by atoms with Crippen LogP contribution < -0.4 is 4.74 Å². The zero-order valence-corrected chi connectivity index (χ0v) is 8.84.